The molecular weight excluding hydrogens is 429 g/mol. The number of carbonyl (C=O) groups is 1. The van der Waals surface area contributed by atoms with Crippen molar-refractivity contribution >= 4 is 33.2 Å². The first kappa shape index (κ1) is 21.5. The maximum atomic E-state index is 13.7. The highest BCUT2D eigenvalue weighted by Crippen LogP contribution is 2.35. The highest BCUT2D eigenvalue weighted by Gasteiger charge is 2.34. The molecule has 0 unspecified atom stereocenters. The Morgan fingerprint density at radius 2 is 1.90 bits per heavy atom. The molecule has 3 aromatic rings. The van der Waals surface area contributed by atoms with Gasteiger partial charge in [0.15, 0.2) is 0 Å². The first-order valence-electron chi connectivity index (χ1n) is 9.71. The third-order valence-corrected chi connectivity index (χ3v) is 6.14. The summed E-state index contributed by atoms with van der Waals surface area (Å²) in [6.07, 6.45) is -4.53. The molecule has 1 aliphatic heterocycles. The van der Waals surface area contributed by atoms with Crippen LogP contribution in [0.25, 0.3) is 10.1 Å². The van der Waals surface area contributed by atoms with Gasteiger partial charge < -0.3 is 15.3 Å². The fourth-order valence-electron chi connectivity index (χ4n) is 3.58. The van der Waals surface area contributed by atoms with Gasteiger partial charge in [0.1, 0.15) is 11.4 Å². The Morgan fingerprint density at radius 3 is 2.61 bits per heavy atom. The van der Waals surface area contributed by atoms with Gasteiger partial charge in [0.2, 0.25) is 0 Å². The van der Waals surface area contributed by atoms with Crippen molar-refractivity contribution in [2.24, 2.45) is 0 Å². The highest BCUT2D eigenvalue weighted by atomic mass is 32.1. The normalized spacial score (nSPS) is 16.0. The van der Waals surface area contributed by atoms with Gasteiger partial charge in [-0.15, -0.1) is 0 Å². The molecule has 1 aromatic heterocycles. The first-order valence-corrected chi connectivity index (χ1v) is 10.5. The van der Waals surface area contributed by atoms with Crippen LogP contribution in [-0.4, -0.2) is 58.4 Å². The lowest BCUT2D eigenvalue weighted by Crippen LogP contribution is -2.44. The van der Waals surface area contributed by atoms with Gasteiger partial charge in [-0.05, 0) is 54.5 Å². The van der Waals surface area contributed by atoms with Crippen LogP contribution in [0.5, 0.6) is 5.75 Å². The van der Waals surface area contributed by atoms with Crippen molar-refractivity contribution in [2.75, 3.05) is 38.5 Å². The van der Waals surface area contributed by atoms with Gasteiger partial charge >= 0.3 is 6.18 Å². The van der Waals surface area contributed by atoms with Gasteiger partial charge in [0.05, 0.1) is 10.3 Å². The number of likely N-dealkylation sites (N-methyl/N-ethyl adjacent to an activating group) is 1. The van der Waals surface area contributed by atoms with Gasteiger partial charge in [-0.3, -0.25) is 9.69 Å². The molecule has 4 rings (SSSR count). The Kier molecular flexibility index (Phi) is 5.87. The summed E-state index contributed by atoms with van der Waals surface area (Å²) in [7, 11) is 1.99. The molecule has 164 valence electrons. The Morgan fingerprint density at radius 1 is 1.16 bits per heavy atom. The van der Waals surface area contributed by atoms with Gasteiger partial charge in [0, 0.05) is 43.8 Å². The Hall–Kier alpha value is -2.69. The van der Waals surface area contributed by atoms with E-state index in [1.807, 2.05) is 11.9 Å². The van der Waals surface area contributed by atoms with Crippen molar-refractivity contribution in [2.45, 2.75) is 12.7 Å². The Balaban J connectivity index is 1.56. The van der Waals surface area contributed by atoms with E-state index in [0.29, 0.717) is 23.2 Å². The Bertz CT molecular complexity index is 1110. The number of phenols is 1. The van der Waals surface area contributed by atoms with Crippen LogP contribution < -0.4 is 5.32 Å². The molecule has 6 nitrogen and oxygen atoms in total. The number of amides is 1. The van der Waals surface area contributed by atoms with E-state index in [1.165, 1.54) is 24.3 Å². The molecule has 0 bridgehead atoms. The molecule has 31 heavy (non-hydrogen) atoms. The second-order valence-electron chi connectivity index (χ2n) is 7.61. The van der Waals surface area contributed by atoms with Crippen molar-refractivity contribution in [3.8, 4) is 5.75 Å². The number of nitrogens with zero attached hydrogens (tertiary/aromatic N) is 3. The summed E-state index contributed by atoms with van der Waals surface area (Å²) in [6, 6.07) is 8.36. The maximum Gasteiger partial charge on any atom is 0.416 e. The molecule has 10 heteroatoms. The van der Waals surface area contributed by atoms with E-state index < -0.39 is 17.6 Å². The molecule has 0 saturated carbocycles. The summed E-state index contributed by atoms with van der Waals surface area (Å²) in [4.78, 5) is 16.8. The number of aromatic hydroxyl groups is 1. The SMILES string of the molecule is CN1CCN(Cc2ccc(NC(=O)c3nsc4cc(O)ccc34)cc2C(F)(F)F)CC1. The molecule has 1 aliphatic rings. The largest absolute Gasteiger partial charge is 0.508 e. The van der Waals surface area contributed by atoms with Gasteiger partial charge in [-0.1, -0.05) is 6.07 Å². The monoisotopic (exact) mass is 450 g/mol. The number of piperazine rings is 1. The van der Waals surface area contributed by atoms with Gasteiger partial charge in [-0.25, -0.2) is 0 Å². The molecule has 1 saturated heterocycles. The summed E-state index contributed by atoms with van der Waals surface area (Å²) in [5.74, 6) is -0.550. The lowest BCUT2D eigenvalue weighted by atomic mass is 10.0. The average molecular weight is 450 g/mol. The molecular formula is C21H21F3N4O2S. The highest BCUT2D eigenvalue weighted by molar-refractivity contribution is 7.13. The number of hydrogen-bond acceptors (Lipinski definition) is 6. The van der Waals surface area contributed by atoms with Crippen molar-refractivity contribution < 1.29 is 23.1 Å². The number of phenolic OH excluding ortho intramolecular Hbond substituents is 1. The zero-order valence-electron chi connectivity index (χ0n) is 16.7. The van der Waals surface area contributed by atoms with E-state index in [9.17, 15) is 23.1 Å². The second kappa shape index (κ2) is 8.45. The van der Waals surface area contributed by atoms with Crippen LogP contribution in [0.15, 0.2) is 36.4 Å². The minimum Gasteiger partial charge on any atom is -0.508 e. The average Bonchev–Trinajstić information content (AvgIpc) is 3.13. The number of carbonyl (C=O) groups excluding carboxylic acids is 1. The molecule has 2 heterocycles. The predicted octanol–water partition coefficient (Wildman–Crippen LogP) is 4.02. The third kappa shape index (κ3) is 4.81. The van der Waals surface area contributed by atoms with E-state index in [0.717, 1.165) is 30.7 Å². The van der Waals surface area contributed by atoms with Crippen molar-refractivity contribution in [1.29, 1.82) is 0 Å². The number of anilines is 1. The van der Waals surface area contributed by atoms with Crippen LogP contribution in [0.1, 0.15) is 21.6 Å². The minimum atomic E-state index is -4.53. The number of alkyl halides is 3. The van der Waals surface area contributed by atoms with Gasteiger partial charge in [-0.2, -0.15) is 17.5 Å². The van der Waals surface area contributed by atoms with Crippen molar-refractivity contribution in [3.63, 3.8) is 0 Å². The van der Waals surface area contributed by atoms with Crippen LogP contribution in [0, 0.1) is 0 Å². The number of hydrogen-bond donors (Lipinski definition) is 2. The number of aromatic nitrogens is 1. The van der Waals surface area contributed by atoms with Crippen LogP contribution in [0.3, 0.4) is 0 Å². The molecule has 2 aromatic carbocycles. The fourth-order valence-corrected chi connectivity index (χ4v) is 4.39. The number of fused-ring (bicyclic) bond motifs is 1. The smallest absolute Gasteiger partial charge is 0.416 e. The summed E-state index contributed by atoms with van der Waals surface area (Å²) in [6.45, 7) is 3.25. The van der Waals surface area contributed by atoms with Crippen molar-refractivity contribution in [1.82, 2.24) is 14.2 Å². The van der Waals surface area contributed by atoms with E-state index >= 15 is 0 Å². The lowest BCUT2D eigenvalue weighted by Gasteiger charge is -2.33. The predicted molar refractivity (Wildman–Crippen MR) is 113 cm³/mol. The summed E-state index contributed by atoms with van der Waals surface area (Å²) in [5.41, 5.74) is -0.406. The number of rotatable bonds is 4. The Labute approximate surface area is 181 Å². The van der Waals surface area contributed by atoms with Crippen molar-refractivity contribution in [3.05, 3.63) is 53.2 Å². The first-order chi connectivity index (χ1) is 14.7. The molecule has 1 amide bonds. The number of halogens is 3. The van der Waals surface area contributed by atoms with Crippen LogP contribution in [-0.2, 0) is 12.7 Å². The third-order valence-electron chi connectivity index (χ3n) is 5.33. The summed E-state index contributed by atoms with van der Waals surface area (Å²) in [5, 5.41) is 12.6. The van der Waals surface area contributed by atoms with Crippen LogP contribution in [0.2, 0.25) is 0 Å². The quantitative estimate of drug-likeness (QED) is 0.629. The molecule has 1 fully saturated rings. The molecule has 0 atom stereocenters. The summed E-state index contributed by atoms with van der Waals surface area (Å²) >= 11 is 1.04. The van der Waals surface area contributed by atoms with E-state index in [4.69, 9.17) is 0 Å². The topological polar surface area (TPSA) is 68.7 Å². The van der Waals surface area contributed by atoms with Crippen LogP contribution >= 0.6 is 11.5 Å². The molecule has 0 radical (unpaired) electrons. The number of nitrogens with one attached hydrogen (secondary N) is 1. The second-order valence-corrected chi connectivity index (χ2v) is 8.42. The van der Waals surface area contributed by atoms with E-state index in [1.54, 1.807) is 6.07 Å². The molecule has 2 N–H and O–H groups in total. The number of benzene rings is 2. The fraction of sp³-hybridized carbons (Fsp3) is 0.333. The minimum absolute atomic E-state index is 0.0499. The van der Waals surface area contributed by atoms with Gasteiger partial charge in [0.25, 0.3) is 5.91 Å². The zero-order chi connectivity index (χ0) is 22.2. The van der Waals surface area contributed by atoms with E-state index in [2.05, 4.69) is 14.6 Å². The lowest BCUT2D eigenvalue weighted by molar-refractivity contribution is -0.138. The maximum absolute atomic E-state index is 13.7. The zero-order valence-corrected chi connectivity index (χ0v) is 17.6. The standard InChI is InChI=1S/C21H21F3N4O2S/c1-27-6-8-28(9-7-27)12-13-2-3-14(10-17(13)21(22,23)24)25-20(30)19-16-5-4-15(29)11-18(16)31-26-19/h2-5,10-11,29H,6-9,12H2,1H3,(H,25,30). The summed E-state index contributed by atoms with van der Waals surface area (Å²) < 4.78 is 45.9. The molecule has 0 aliphatic carbocycles. The van der Waals surface area contributed by atoms with Crippen LogP contribution in [0.4, 0.5) is 18.9 Å². The molecule has 0 spiro atoms. The van der Waals surface area contributed by atoms with E-state index in [-0.39, 0.29) is 29.2 Å².